The van der Waals surface area contributed by atoms with Gasteiger partial charge in [0.1, 0.15) is 0 Å². The monoisotopic (exact) mass is 297 g/mol. The summed E-state index contributed by atoms with van der Waals surface area (Å²) in [5.74, 6) is -1.76. The zero-order valence-corrected chi connectivity index (χ0v) is 11.9. The molecular weight excluding hydrogens is 280 g/mol. The van der Waals surface area contributed by atoms with E-state index in [2.05, 4.69) is 15.8 Å². The minimum Gasteiger partial charge on any atom is -0.359 e. The Morgan fingerprint density at radius 1 is 1.20 bits per heavy atom. The van der Waals surface area contributed by atoms with E-state index in [0.717, 1.165) is 25.0 Å². The van der Waals surface area contributed by atoms with E-state index in [0.29, 0.717) is 16.7 Å². The SMILES string of the molecule is Fc1ccc(C=NNC(=S)NC2CCCCC2)cc1F. The average molecular weight is 297 g/mol. The average Bonchev–Trinajstić information content (AvgIpc) is 2.44. The van der Waals surface area contributed by atoms with Crippen LogP contribution in [0.5, 0.6) is 0 Å². The molecule has 0 radical (unpaired) electrons. The van der Waals surface area contributed by atoms with Crippen LogP contribution in [-0.4, -0.2) is 17.4 Å². The third-order valence-electron chi connectivity index (χ3n) is 3.26. The molecule has 1 saturated carbocycles. The van der Waals surface area contributed by atoms with Crippen molar-refractivity contribution in [1.82, 2.24) is 10.7 Å². The Bertz CT molecular complexity index is 499. The lowest BCUT2D eigenvalue weighted by Crippen LogP contribution is -2.40. The molecule has 1 aliphatic rings. The van der Waals surface area contributed by atoms with Gasteiger partial charge in [0, 0.05) is 6.04 Å². The van der Waals surface area contributed by atoms with Gasteiger partial charge in [-0.1, -0.05) is 25.3 Å². The Morgan fingerprint density at radius 3 is 2.65 bits per heavy atom. The highest BCUT2D eigenvalue weighted by Crippen LogP contribution is 2.17. The lowest BCUT2D eigenvalue weighted by Gasteiger charge is -2.23. The number of hydrogen-bond donors (Lipinski definition) is 2. The van der Waals surface area contributed by atoms with E-state index in [-0.39, 0.29) is 0 Å². The van der Waals surface area contributed by atoms with Crippen molar-refractivity contribution in [2.75, 3.05) is 0 Å². The van der Waals surface area contributed by atoms with Crippen LogP contribution in [0, 0.1) is 11.6 Å². The zero-order valence-electron chi connectivity index (χ0n) is 11.0. The van der Waals surface area contributed by atoms with Crippen molar-refractivity contribution < 1.29 is 8.78 Å². The van der Waals surface area contributed by atoms with E-state index in [1.165, 1.54) is 31.5 Å². The molecule has 1 fully saturated rings. The second kappa shape index (κ2) is 7.28. The van der Waals surface area contributed by atoms with Crippen LogP contribution in [-0.2, 0) is 0 Å². The quantitative estimate of drug-likeness (QED) is 0.511. The Morgan fingerprint density at radius 2 is 1.95 bits per heavy atom. The van der Waals surface area contributed by atoms with E-state index in [9.17, 15) is 8.78 Å². The van der Waals surface area contributed by atoms with Gasteiger partial charge < -0.3 is 5.32 Å². The molecule has 108 valence electrons. The maximum atomic E-state index is 13.0. The molecule has 6 heteroatoms. The highest BCUT2D eigenvalue weighted by Gasteiger charge is 2.13. The second-order valence-corrected chi connectivity index (χ2v) is 5.26. The first-order valence-electron chi connectivity index (χ1n) is 6.70. The molecule has 0 aromatic heterocycles. The number of halogens is 2. The molecule has 20 heavy (non-hydrogen) atoms. The van der Waals surface area contributed by atoms with Gasteiger partial charge in [-0.25, -0.2) is 8.78 Å². The van der Waals surface area contributed by atoms with Crippen LogP contribution in [0.3, 0.4) is 0 Å². The molecule has 1 aliphatic carbocycles. The highest BCUT2D eigenvalue weighted by atomic mass is 32.1. The van der Waals surface area contributed by atoms with Gasteiger partial charge in [-0.15, -0.1) is 0 Å². The molecule has 0 bridgehead atoms. The number of rotatable bonds is 3. The molecule has 0 aliphatic heterocycles. The molecule has 0 unspecified atom stereocenters. The van der Waals surface area contributed by atoms with Crippen molar-refractivity contribution in [2.45, 2.75) is 38.1 Å². The first-order valence-corrected chi connectivity index (χ1v) is 7.10. The first-order chi connectivity index (χ1) is 9.65. The highest BCUT2D eigenvalue weighted by molar-refractivity contribution is 7.80. The van der Waals surface area contributed by atoms with Gasteiger partial charge in [0.15, 0.2) is 16.7 Å². The smallest absolute Gasteiger partial charge is 0.187 e. The topological polar surface area (TPSA) is 36.4 Å². The fraction of sp³-hybridized carbons (Fsp3) is 0.429. The Hall–Kier alpha value is -1.56. The molecule has 2 rings (SSSR count). The van der Waals surface area contributed by atoms with Gasteiger partial charge >= 0.3 is 0 Å². The fourth-order valence-corrected chi connectivity index (χ4v) is 2.44. The second-order valence-electron chi connectivity index (χ2n) is 4.85. The van der Waals surface area contributed by atoms with Crippen LogP contribution in [0.1, 0.15) is 37.7 Å². The number of hydrogen-bond acceptors (Lipinski definition) is 2. The Labute approximate surface area is 122 Å². The molecule has 0 amide bonds. The van der Waals surface area contributed by atoms with Crippen molar-refractivity contribution >= 4 is 23.5 Å². The summed E-state index contributed by atoms with van der Waals surface area (Å²) in [5, 5.41) is 7.56. The van der Waals surface area contributed by atoms with Crippen molar-refractivity contribution in [3.05, 3.63) is 35.4 Å². The standard InChI is InChI=1S/C14H17F2N3S/c15-12-7-6-10(8-13(12)16)9-17-19-14(20)18-11-4-2-1-3-5-11/h6-9,11H,1-5H2,(H2,18,19,20). The summed E-state index contributed by atoms with van der Waals surface area (Å²) in [7, 11) is 0. The van der Waals surface area contributed by atoms with Crippen LogP contribution in [0.25, 0.3) is 0 Å². The zero-order chi connectivity index (χ0) is 14.4. The van der Waals surface area contributed by atoms with Gasteiger partial charge in [0.2, 0.25) is 0 Å². The summed E-state index contributed by atoms with van der Waals surface area (Å²) in [6.07, 6.45) is 7.37. The normalized spacial score (nSPS) is 16.3. The molecule has 0 spiro atoms. The summed E-state index contributed by atoms with van der Waals surface area (Å²) >= 11 is 5.13. The van der Waals surface area contributed by atoms with Crippen LogP contribution >= 0.6 is 12.2 Å². The number of nitrogens with one attached hydrogen (secondary N) is 2. The summed E-state index contributed by atoms with van der Waals surface area (Å²) < 4.78 is 25.7. The minimum absolute atomic E-state index is 0.405. The van der Waals surface area contributed by atoms with Crippen molar-refractivity contribution in [3.8, 4) is 0 Å². The molecule has 0 saturated heterocycles. The predicted molar refractivity (Wildman–Crippen MR) is 79.7 cm³/mol. The third-order valence-corrected chi connectivity index (χ3v) is 3.47. The summed E-state index contributed by atoms with van der Waals surface area (Å²) in [5.41, 5.74) is 3.16. The van der Waals surface area contributed by atoms with E-state index in [1.54, 1.807) is 0 Å². The van der Waals surface area contributed by atoms with Crippen LogP contribution in [0.2, 0.25) is 0 Å². The van der Waals surface area contributed by atoms with Gasteiger partial charge in [-0.2, -0.15) is 5.10 Å². The molecule has 3 nitrogen and oxygen atoms in total. The van der Waals surface area contributed by atoms with Gasteiger partial charge in [0.25, 0.3) is 0 Å². The number of thiocarbonyl (C=S) groups is 1. The van der Waals surface area contributed by atoms with E-state index in [4.69, 9.17) is 12.2 Å². The lowest BCUT2D eigenvalue weighted by molar-refractivity contribution is 0.412. The minimum atomic E-state index is -0.892. The van der Waals surface area contributed by atoms with Crippen LogP contribution < -0.4 is 10.7 Å². The first kappa shape index (κ1) is 14.8. The van der Waals surface area contributed by atoms with Crippen molar-refractivity contribution in [2.24, 2.45) is 5.10 Å². The Balaban J connectivity index is 1.79. The maximum Gasteiger partial charge on any atom is 0.187 e. The van der Waals surface area contributed by atoms with E-state index < -0.39 is 11.6 Å². The number of benzene rings is 1. The van der Waals surface area contributed by atoms with Crippen molar-refractivity contribution in [1.29, 1.82) is 0 Å². The number of nitrogens with zero attached hydrogens (tertiary/aromatic N) is 1. The maximum absolute atomic E-state index is 13.0. The van der Waals surface area contributed by atoms with E-state index in [1.807, 2.05) is 0 Å². The van der Waals surface area contributed by atoms with Gasteiger partial charge in [-0.3, -0.25) is 5.43 Å². The molecule has 0 heterocycles. The molecule has 0 atom stereocenters. The summed E-state index contributed by atoms with van der Waals surface area (Å²) in [6, 6.07) is 4.00. The van der Waals surface area contributed by atoms with Crippen LogP contribution in [0.15, 0.2) is 23.3 Å². The van der Waals surface area contributed by atoms with E-state index >= 15 is 0 Å². The molecule has 2 N–H and O–H groups in total. The molecule has 1 aromatic rings. The lowest BCUT2D eigenvalue weighted by atomic mass is 9.96. The predicted octanol–water partition coefficient (Wildman–Crippen LogP) is 3.10. The summed E-state index contributed by atoms with van der Waals surface area (Å²) in [6.45, 7) is 0. The number of hydrazone groups is 1. The fourth-order valence-electron chi connectivity index (χ4n) is 2.22. The van der Waals surface area contributed by atoms with Gasteiger partial charge in [0.05, 0.1) is 6.21 Å². The molecule has 1 aromatic carbocycles. The third kappa shape index (κ3) is 4.52. The van der Waals surface area contributed by atoms with Gasteiger partial charge in [-0.05, 0) is 42.8 Å². The Kier molecular flexibility index (Phi) is 5.40. The summed E-state index contributed by atoms with van der Waals surface area (Å²) in [4.78, 5) is 0. The largest absolute Gasteiger partial charge is 0.359 e. The van der Waals surface area contributed by atoms with Crippen LogP contribution in [0.4, 0.5) is 8.78 Å². The molecular formula is C14H17F2N3S. The van der Waals surface area contributed by atoms with Crippen molar-refractivity contribution in [3.63, 3.8) is 0 Å².